The van der Waals surface area contributed by atoms with Crippen LogP contribution in [0.1, 0.15) is 5.56 Å². The topological polar surface area (TPSA) is 69.2 Å². The summed E-state index contributed by atoms with van der Waals surface area (Å²) in [4.78, 5) is 11.0. The monoisotopic (exact) mass is 413 g/mol. The summed E-state index contributed by atoms with van der Waals surface area (Å²) >= 11 is 0. The Morgan fingerprint density at radius 1 is 0.700 bits per heavy atom. The Hall–Kier alpha value is -3.49. The van der Waals surface area contributed by atoms with Gasteiger partial charge in [0.15, 0.2) is 0 Å². The maximum atomic E-state index is 11.4. The van der Waals surface area contributed by atoms with Crippen molar-refractivity contribution in [3.8, 4) is 0 Å². The predicted octanol–water partition coefficient (Wildman–Crippen LogP) is 4.67. The Kier molecular flexibility index (Phi) is 5.60. The van der Waals surface area contributed by atoms with Gasteiger partial charge in [-0.3, -0.25) is 10.1 Å². The predicted molar refractivity (Wildman–Crippen MR) is 126 cm³/mol. The van der Waals surface area contributed by atoms with Crippen LogP contribution in [0.25, 0.3) is 0 Å². The van der Waals surface area contributed by atoms with Gasteiger partial charge < -0.3 is 5.73 Å². The van der Waals surface area contributed by atoms with Gasteiger partial charge in [0.25, 0.3) is 5.69 Å². The van der Waals surface area contributed by atoms with Crippen LogP contribution in [0.5, 0.6) is 0 Å². The summed E-state index contributed by atoms with van der Waals surface area (Å²) in [6.07, 6.45) is 0.610. The van der Waals surface area contributed by atoms with Crippen molar-refractivity contribution in [1.82, 2.24) is 0 Å². The Bertz CT molecular complexity index is 1050. The molecule has 5 heteroatoms. The van der Waals surface area contributed by atoms with E-state index in [9.17, 15) is 10.1 Å². The molecule has 30 heavy (non-hydrogen) atoms. The van der Waals surface area contributed by atoms with Crippen LogP contribution in [0.4, 0.5) is 11.4 Å². The molecule has 0 bridgehead atoms. The van der Waals surface area contributed by atoms with E-state index in [1.54, 1.807) is 12.1 Å². The minimum Gasteiger partial charge on any atom is -0.398 e. The molecule has 0 atom stereocenters. The molecule has 4 nitrogen and oxygen atoms in total. The normalized spacial score (nSPS) is 11.2. The number of hydrogen-bond acceptors (Lipinski definition) is 3. The fourth-order valence-corrected chi connectivity index (χ4v) is 8.14. The minimum absolute atomic E-state index is 0.0616. The molecule has 0 unspecified atom stereocenters. The molecule has 0 fully saturated rings. The van der Waals surface area contributed by atoms with Gasteiger partial charge in [-0.1, -0.05) is 54.6 Å². The number of anilines is 1. The summed E-state index contributed by atoms with van der Waals surface area (Å²) < 4.78 is 0. The first-order valence-electron chi connectivity index (χ1n) is 9.69. The molecule has 0 spiro atoms. The van der Waals surface area contributed by atoms with E-state index in [-0.39, 0.29) is 10.6 Å². The van der Waals surface area contributed by atoms with Gasteiger partial charge in [-0.05, 0) is 42.5 Å². The summed E-state index contributed by atoms with van der Waals surface area (Å²) in [6, 6.07) is 36.0. The van der Waals surface area contributed by atoms with Crippen LogP contribution in [0.15, 0.2) is 109 Å². The molecule has 0 aromatic heterocycles. The van der Waals surface area contributed by atoms with E-state index in [0.29, 0.717) is 11.8 Å². The highest BCUT2D eigenvalue weighted by Gasteiger charge is 2.45. The lowest BCUT2D eigenvalue weighted by molar-refractivity contribution is -0.384. The van der Waals surface area contributed by atoms with Crippen molar-refractivity contribution in [2.24, 2.45) is 0 Å². The van der Waals surface area contributed by atoms with E-state index in [0.717, 1.165) is 5.56 Å². The average molecular weight is 413 g/mol. The summed E-state index contributed by atoms with van der Waals surface area (Å²) in [6.45, 7) is 0. The maximum Gasteiger partial charge on any atom is 0.269 e. The Morgan fingerprint density at radius 2 is 1.13 bits per heavy atom. The lowest BCUT2D eigenvalue weighted by Gasteiger charge is -2.28. The van der Waals surface area contributed by atoms with Crippen LogP contribution in [-0.2, 0) is 6.16 Å². The standard InChI is InChI=1S/C25H22N2O2P/c26-25-17-16-21(27(28)29)18-20(25)19-30(22-10-4-1-5-11-22,23-12-6-2-7-13-23)24-14-8-3-9-15-24/h1-18H,19,26H2/q+1. The van der Waals surface area contributed by atoms with Crippen molar-refractivity contribution >= 4 is 34.6 Å². The molecular formula is C25H22N2O2P+. The second kappa shape index (κ2) is 8.48. The quantitative estimate of drug-likeness (QED) is 0.216. The zero-order valence-electron chi connectivity index (χ0n) is 16.4. The molecule has 4 aromatic rings. The fourth-order valence-electron chi connectivity index (χ4n) is 3.87. The fraction of sp³-hybridized carbons (Fsp3) is 0.0400. The second-order valence-corrected chi connectivity index (χ2v) is 10.6. The molecule has 0 aliphatic rings. The van der Waals surface area contributed by atoms with Crippen molar-refractivity contribution < 1.29 is 4.92 Å². The molecular weight excluding hydrogens is 391 g/mol. The summed E-state index contributed by atoms with van der Waals surface area (Å²) in [5, 5.41) is 15.1. The van der Waals surface area contributed by atoms with Gasteiger partial charge in [-0.25, -0.2) is 0 Å². The summed E-state index contributed by atoms with van der Waals surface area (Å²) in [5.41, 5.74) is 7.76. The van der Waals surface area contributed by atoms with E-state index >= 15 is 0 Å². The van der Waals surface area contributed by atoms with Crippen LogP contribution in [0, 0.1) is 10.1 Å². The Labute approximate surface area is 176 Å². The van der Waals surface area contributed by atoms with Gasteiger partial charge in [-0.2, -0.15) is 0 Å². The number of non-ortho nitro benzene ring substituents is 1. The SMILES string of the molecule is Nc1ccc([N+](=O)[O-])cc1C[P+](c1ccccc1)(c1ccccc1)c1ccccc1. The zero-order valence-corrected chi connectivity index (χ0v) is 17.3. The molecule has 0 radical (unpaired) electrons. The number of hydrogen-bond donors (Lipinski definition) is 1. The number of nitrogens with zero attached hydrogens (tertiary/aromatic N) is 1. The first kappa shape index (κ1) is 19.8. The molecule has 4 aromatic carbocycles. The van der Waals surface area contributed by atoms with Gasteiger partial charge >= 0.3 is 0 Å². The molecule has 0 amide bonds. The third-order valence-corrected chi connectivity index (χ3v) is 9.69. The molecule has 4 rings (SSSR count). The summed E-state index contributed by atoms with van der Waals surface area (Å²) in [7, 11) is -2.15. The van der Waals surface area contributed by atoms with Gasteiger partial charge in [0.1, 0.15) is 29.3 Å². The third kappa shape index (κ3) is 3.70. The molecule has 148 valence electrons. The molecule has 2 N–H and O–H groups in total. The molecule has 0 saturated carbocycles. The van der Waals surface area contributed by atoms with Gasteiger partial charge in [0.05, 0.1) is 4.92 Å². The lowest BCUT2D eigenvalue weighted by Crippen LogP contribution is -2.32. The zero-order chi connectivity index (χ0) is 21.0. The van der Waals surface area contributed by atoms with E-state index in [2.05, 4.69) is 36.4 Å². The van der Waals surface area contributed by atoms with Crippen molar-refractivity contribution in [3.63, 3.8) is 0 Å². The van der Waals surface area contributed by atoms with Crippen LogP contribution in [0.2, 0.25) is 0 Å². The van der Waals surface area contributed by atoms with E-state index in [1.165, 1.54) is 22.0 Å². The van der Waals surface area contributed by atoms with Crippen LogP contribution < -0.4 is 21.6 Å². The van der Waals surface area contributed by atoms with E-state index in [4.69, 9.17) is 5.73 Å². The van der Waals surface area contributed by atoms with Crippen LogP contribution in [-0.4, -0.2) is 4.92 Å². The van der Waals surface area contributed by atoms with E-state index in [1.807, 2.05) is 54.6 Å². The largest absolute Gasteiger partial charge is 0.398 e. The van der Waals surface area contributed by atoms with E-state index < -0.39 is 7.26 Å². The van der Waals surface area contributed by atoms with Gasteiger partial charge in [0.2, 0.25) is 0 Å². The molecule has 0 aliphatic heterocycles. The maximum absolute atomic E-state index is 11.4. The second-order valence-electron chi connectivity index (χ2n) is 7.11. The summed E-state index contributed by atoms with van der Waals surface area (Å²) in [5.74, 6) is 0. The van der Waals surface area contributed by atoms with Gasteiger partial charge in [-0.15, -0.1) is 0 Å². The van der Waals surface area contributed by atoms with Crippen molar-refractivity contribution in [3.05, 3.63) is 125 Å². The van der Waals surface area contributed by atoms with Crippen molar-refractivity contribution in [2.45, 2.75) is 6.16 Å². The number of benzene rings is 4. The number of nitrogen functional groups attached to an aromatic ring is 1. The lowest BCUT2D eigenvalue weighted by atomic mass is 10.2. The number of nitro benzene ring substituents is 1. The molecule has 0 aliphatic carbocycles. The number of rotatable bonds is 6. The number of nitrogens with two attached hydrogens (primary N) is 1. The highest BCUT2D eigenvalue weighted by Crippen LogP contribution is 2.58. The molecule has 0 heterocycles. The number of nitro groups is 1. The third-order valence-electron chi connectivity index (χ3n) is 5.34. The highest BCUT2D eigenvalue weighted by atomic mass is 31.2. The van der Waals surface area contributed by atoms with Crippen LogP contribution >= 0.6 is 7.26 Å². The Balaban J connectivity index is 2.01. The van der Waals surface area contributed by atoms with Gasteiger partial charge in [0, 0.05) is 23.4 Å². The first-order chi connectivity index (χ1) is 14.6. The average Bonchev–Trinajstić information content (AvgIpc) is 2.80. The minimum atomic E-state index is -2.15. The highest BCUT2D eigenvalue weighted by molar-refractivity contribution is 7.95. The molecule has 0 saturated heterocycles. The van der Waals surface area contributed by atoms with Crippen molar-refractivity contribution in [1.29, 1.82) is 0 Å². The van der Waals surface area contributed by atoms with Crippen LogP contribution in [0.3, 0.4) is 0 Å². The Morgan fingerprint density at radius 3 is 1.53 bits per heavy atom. The smallest absolute Gasteiger partial charge is 0.269 e. The van der Waals surface area contributed by atoms with Crippen molar-refractivity contribution in [2.75, 3.05) is 5.73 Å². The first-order valence-corrected chi connectivity index (χ1v) is 11.7.